The van der Waals surface area contributed by atoms with E-state index in [2.05, 4.69) is 19.9 Å². The van der Waals surface area contributed by atoms with Crippen LogP contribution < -0.4 is 16.9 Å². The lowest BCUT2D eigenvalue weighted by Crippen LogP contribution is -2.17. The first kappa shape index (κ1) is 31.7. The number of nitrogen functional groups attached to an aromatic ring is 1. The lowest BCUT2D eigenvalue weighted by atomic mass is 10.2. The minimum atomic E-state index is -0.586. The van der Waals surface area contributed by atoms with E-state index in [9.17, 15) is 14.4 Å². The first-order valence-electron chi connectivity index (χ1n) is 13.9. The number of halogens is 1. The summed E-state index contributed by atoms with van der Waals surface area (Å²) in [6.45, 7) is 4.00. The van der Waals surface area contributed by atoms with Crippen molar-refractivity contribution in [2.75, 3.05) is 5.73 Å². The standard InChI is InChI=1S/C17H10ClN3O2S.C16H12N4OS.CH4/c1-9-2-4-11(5-3-9)21-8-20-13-12-6-10(15(18)22)7-19-16(12)24-14(13)17(21)23;1-9-2-4-11(5-3-9)20-8-19-13-12-6-10(17)7-18-15(12)22-14(13)16(20)21;/h2-8H,1H3;2-8H,17H2,1H3;1H4. The fourth-order valence-corrected chi connectivity index (χ4v) is 7.07. The van der Waals surface area contributed by atoms with Crippen LogP contribution in [0.2, 0.25) is 0 Å². The molecule has 0 aliphatic carbocycles. The number of rotatable bonds is 3. The van der Waals surface area contributed by atoms with Gasteiger partial charge in [-0.25, -0.2) is 19.9 Å². The van der Waals surface area contributed by atoms with E-state index in [1.807, 2.05) is 68.4 Å². The molecule has 0 atom stereocenters. The number of carbonyl (C=O) groups is 1. The van der Waals surface area contributed by atoms with Gasteiger partial charge < -0.3 is 5.73 Å². The van der Waals surface area contributed by atoms with Gasteiger partial charge in [0, 0.05) is 17.0 Å². The van der Waals surface area contributed by atoms with Crippen molar-refractivity contribution in [2.45, 2.75) is 21.3 Å². The van der Waals surface area contributed by atoms with E-state index < -0.39 is 5.24 Å². The fourth-order valence-electron chi connectivity index (χ4n) is 4.94. The molecule has 0 saturated carbocycles. The van der Waals surface area contributed by atoms with Gasteiger partial charge in [0.25, 0.3) is 16.4 Å². The number of carbonyl (C=O) groups excluding carboxylic acids is 1. The van der Waals surface area contributed by atoms with Crippen molar-refractivity contribution in [1.29, 1.82) is 0 Å². The van der Waals surface area contributed by atoms with Crippen molar-refractivity contribution in [3.63, 3.8) is 0 Å². The van der Waals surface area contributed by atoms with Crippen LogP contribution in [-0.2, 0) is 0 Å². The number of aryl methyl sites for hydroxylation is 2. The zero-order chi connectivity index (χ0) is 32.1. The molecule has 2 aromatic carbocycles. The second-order valence-electron chi connectivity index (χ2n) is 10.5. The molecule has 0 saturated heterocycles. The Kier molecular flexibility index (Phi) is 8.41. The molecule has 0 bridgehead atoms. The normalized spacial score (nSPS) is 11.0. The summed E-state index contributed by atoms with van der Waals surface area (Å²) in [5.41, 5.74) is 11.4. The third kappa shape index (κ3) is 5.78. The van der Waals surface area contributed by atoms with Gasteiger partial charge in [-0.15, -0.1) is 22.7 Å². The van der Waals surface area contributed by atoms with Gasteiger partial charge in [-0.05, 0) is 61.8 Å². The second kappa shape index (κ2) is 12.5. The maximum atomic E-state index is 12.8. The maximum absolute atomic E-state index is 12.8. The smallest absolute Gasteiger partial charge is 0.275 e. The topological polar surface area (TPSA) is 139 Å². The number of nitrogens with zero attached hydrogens (tertiary/aromatic N) is 6. The number of hydrogen-bond acceptors (Lipinski definition) is 10. The number of aromatic nitrogens is 6. The monoisotopic (exact) mass is 679 g/mol. The molecule has 6 aromatic heterocycles. The van der Waals surface area contributed by atoms with Crippen molar-refractivity contribution >= 4 is 86.1 Å². The molecule has 47 heavy (non-hydrogen) atoms. The van der Waals surface area contributed by atoms with Gasteiger partial charge in [0.2, 0.25) is 0 Å². The predicted molar refractivity (Wildman–Crippen MR) is 192 cm³/mol. The first-order valence-corrected chi connectivity index (χ1v) is 15.9. The van der Waals surface area contributed by atoms with Crippen molar-refractivity contribution < 1.29 is 4.79 Å². The van der Waals surface area contributed by atoms with E-state index in [-0.39, 0.29) is 24.1 Å². The molecule has 13 heteroatoms. The summed E-state index contributed by atoms with van der Waals surface area (Å²) in [4.78, 5) is 55.7. The van der Waals surface area contributed by atoms with Gasteiger partial charge >= 0.3 is 0 Å². The predicted octanol–water partition coefficient (Wildman–Crippen LogP) is 7.20. The molecule has 0 spiro atoms. The summed E-state index contributed by atoms with van der Waals surface area (Å²) in [6.07, 6.45) is 6.06. The van der Waals surface area contributed by atoms with Crippen LogP contribution in [0.3, 0.4) is 0 Å². The van der Waals surface area contributed by atoms with Gasteiger partial charge in [-0.2, -0.15) is 0 Å². The Morgan fingerprint density at radius 1 is 0.702 bits per heavy atom. The summed E-state index contributed by atoms with van der Waals surface area (Å²) < 4.78 is 4.15. The molecule has 6 heterocycles. The van der Waals surface area contributed by atoms with Crippen LogP contribution in [0, 0.1) is 13.8 Å². The molecule has 2 N–H and O–H groups in total. The zero-order valence-electron chi connectivity index (χ0n) is 24.3. The van der Waals surface area contributed by atoms with Crippen LogP contribution >= 0.6 is 34.3 Å². The molecule has 0 unspecified atom stereocenters. The number of hydrogen-bond donors (Lipinski definition) is 1. The number of pyridine rings is 2. The highest BCUT2D eigenvalue weighted by Crippen LogP contribution is 2.31. The quantitative estimate of drug-likeness (QED) is 0.193. The van der Waals surface area contributed by atoms with E-state index >= 15 is 0 Å². The molecule has 0 aliphatic rings. The van der Waals surface area contributed by atoms with Crippen molar-refractivity contribution in [1.82, 2.24) is 29.1 Å². The Morgan fingerprint density at radius 2 is 1.15 bits per heavy atom. The lowest BCUT2D eigenvalue weighted by Gasteiger charge is -2.05. The first-order chi connectivity index (χ1) is 22.2. The number of anilines is 1. The van der Waals surface area contributed by atoms with Crippen LogP contribution in [0.25, 0.3) is 52.2 Å². The van der Waals surface area contributed by atoms with Crippen LogP contribution in [0.4, 0.5) is 5.69 Å². The molecular weight excluding hydrogens is 654 g/mol. The summed E-state index contributed by atoms with van der Waals surface area (Å²) in [5, 5.41) is 0.902. The highest BCUT2D eigenvalue weighted by Gasteiger charge is 2.16. The number of fused-ring (bicyclic) bond motifs is 6. The molecule has 10 nitrogen and oxygen atoms in total. The summed E-state index contributed by atoms with van der Waals surface area (Å²) >= 11 is 8.12. The summed E-state index contributed by atoms with van der Waals surface area (Å²) in [6, 6.07) is 18.8. The lowest BCUT2D eigenvalue weighted by molar-refractivity contribution is 0.108. The molecular formula is C34H26ClN7O3S2. The Labute approximate surface area is 280 Å². The van der Waals surface area contributed by atoms with E-state index in [1.54, 1.807) is 23.2 Å². The van der Waals surface area contributed by atoms with Gasteiger partial charge in [0.05, 0.1) is 39.9 Å². The Hall–Kier alpha value is -5.30. The molecule has 0 radical (unpaired) electrons. The third-order valence-corrected chi connectivity index (χ3v) is 9.74. The van der Waals surface area contributed by atoms with E-state index in [0.29, 0.717) is 36.3 Å². The molecule has 0 aliphatic heterocycles. The number of nitrogens with two attached hydrogens (primary N) is 1. The summed E-state index contributed by atoms with van der Waals surface area (Å²) in [7, 11) is 0. The van der Waals surface area contributed by atoms with Crippen LogP contribution in [0.1, 0.15) is 28.9 Å². The fraction of sp³-hybridized carbons (Fsp3) is 0.0882. The summed E-state index contributed by atoms with van der Waals surface area (Å²) in [5.74, 6) is 0. The van der Waals surface area contributed by atoms with Gasteiger partial charge in [0.15, 0.2) is 0 Å². The van der Waals surface area contributed by atoms with Gasteiger partial charge in [-0.3, -0.25) is 23.5 Å². The maximum Gasteiger partial charge on any atom is 0.275 e. The molecule has 234 valence electrons. The van der Waals surface area contributed by atoms with Crippen molar-refractivity contribution in [3.8, 4) is 11.4 Å². The number of benzene rings is 2. The van der Waals surface area contributed by atoms with E-state index in [0.717, 1.165) is 32.7 Å². The average Bonchev–Trinajstić information content (AvgIpc) is 3.62. The Bertz CT molecular complexity index is 2590. The van der Waals surface area contributed by atoms with Crippen LogP contribution in [0.15, 0.2) is 95.3 Å². The highest BCUT2D eigenvalue weighted by molar-refractivity contribution is 7.25. The Morgan fingerprint density at radius 3 is 1.62 bits per heavy atom. The molecule has 8 rings (SSSR count). The van der Waals surface area contributed by atoms with Crippen LogP contribution in [-0.4, -0.2) is 34.3 Å². The van der Waals surface area contributed by atoms with E-state index in [4.69, 9.17) is 17.3 Å². The van der Waals surface area contributed by atoms with E-state index in [1.165, 1.54) is 39.8 Å². The highest BCUT2D eigenvalue weighted by atomic mass is 35.5. The molecule has 0 amide bonds. The molecule has 0 fully saturated rings. The van der Waals surface area contributed by atoms with Crippen LogP contribution in [0.5, 0.6) is 0 Å². The largest absolute Gasteiger partial charge is 0.397 e. The average molecular weight is 680 g/mol. The van der Waals surface area contributed by atoms with Crippen molar-refractivity contribution in [3.05, 3.63) is 123 Å². The minimum Gasteiger partial charge on any atom is -0.397 e. The second-order valence-corrected chi connectivity index (χ2v) is 12.9. The number of thiophene rings is 2. The van der Waals surface area contributed by atoms with Gasteiger partial charge in [0.1, 0.15) is 31.7 Å². The van der Waals surface area contributed by atoms with Gasteiger partial charge in [-0.1, -0.05) is 42.8 Å². The molecule has 8 aromatic rings. The SMILES string of the molecule is C.Cc1ccc(-n2cnc3c(sc4ncc(C(=O)Cl)cc43)c2=O)cc1.Cc1ccc(-n2cnc3c(sc4ncc(N)cc43)c2=O)cc1. The van der Waals surface area contributed by atoms with Crippen molar-refractivity contribution in [2.24, 2.45) is 0 Å². The minimum absolute atomic E-state index is 0. The zero-order valence-corrected chi connectivity index (χ0v) is 26.7. The third-order valence-electron chi connectivity index (χ3n) is 7.34. The Balaban J connectivity index is 0.000000161.